The summed E-state index contributed by atoms with van der Waals surface area (Å²) in [6, 6.07) is 0. The predicted molar refractivity (Wildman–Crippen MR) is 69.7 cm³/mol. The van der Waals surface area contributed by atoms with Crippen molar-refractivity contribution in [1.82, 2.24) is 10.2 Å². The molecule has 98 valence electrons. The molecule has 1 unspecified atom stereocenters. The van der Waals surface area contributed by atoms with Crippen LogP contribution in [0.4, 0.5) is 0 Å². The zero-order chi connectivity index (χ0) is 12.5. The number of nitrogens with zero attached hydrogens (tertiary/aromatic N) is 1. The average Bonchev–Trinajstić information content (AvgIpc) is 2.78. The van der Waals surface area contributed by atoms with Gasteiger partial charge in [0.05, 0.1) is 5.92 Å². The second kappa shape index (κ2) is 4.97. The van der Waals surface area contributed by atoms with E-state index in [1.54, 1.807) is 0 Å². The normalized spacial score (nSPS) is 30.6. The number of amides is 1. The quantitative estimate of drug-likeness (QED) is 0.756. The number of nitrogens with one attached hydrogen (secondary N) is 1. The largest absolute Gasteiger partial charge is 0.342 e. The molecule has 0 aromatic rings. The molecule has 0 saturated carbocycles. The number of carbonyl (C=O) groups excluding carboxylic acids is 1. The average molecular weight is 238 g/mol. The van der Waals surface area contributed by atoms with E-state index in [9.17, 15) is 4.79 Å². The number of carbonyl (C=O) groups is 1. The van der Waals surface area contributed by atoms with Gasteiger partial charge in [-0.3, -0.25) is 4.79 Å². The fourth-order valence-electron chi connectivity index (χ4n) is 2.99. The van der Waals surface area contributed by atoms with Crippen molar-refractivity contribution in [2.75, 3.05) is 26.2 Å². The maximum absolute atomic E-state index is 12.4. The lowest BCUT2D eigenvalue weighted by Crippen LogP contribution is -2.42. The number of hydrogen-bond donors (Lipinski definition) is 1. The van der Waals surface area contributed by atoms with Crippen LogP contribution in [0, 0.1) is 17.3 Å². The molecule has 1 amide bonds. The minimum Gasteiger partial charge on any atom is -0.342 e. The van der Waals surface area contributed by atoms with E-state index in [0.717, 1.165) is 39.0 Å². The Morgan fingerprint density at radius 2 is 2.06 bits per heavy atom. The summed E-state index contributed by atoms with van der Waals surface area (Å²) < 4.78 is 0. The van der Waals surface area contributed by atoms with Gasteiger partial charge in [-0.1, -0.05) is 20.8 Å². The molecule has 3 nitrogen and oxygen atoms in total. The van der Waals surface area contributed by atoms with Gasteiger partial charge < -0.3 is 10.2 Å². The summed E-state index contributed by atoms with van der Waals surface area (Å²) in [7, 11) is 0. The maximum atomic E-state index is 12.4. The third kappa shape index (κ3) is 3.01. The Morgan fingerprint density at radius 1 is 1.29 bits per heavy atom. The summed E-state index contributed by atoms with van der Waals surface area (Å²) >= 11 is 0. The summed E-state index contributed by atoms with van der Waals surface area (Å²) in [5.41, 5.74) is 0.333. The predicted octanol–water partition coefficient (Wildman–Crippen LogP) is 1.88. The fraction of sp³-hybridized carbons (Fsp3) is 0.929. The Morgan fingerprint density at radius 3 is 2.59 bits per heavy atom. The topological polar surface area (TPSA) is 32.3 Å². The molecule has 1 N–H and O–H groups in total. The lowest BCUT2D eigenvalue weighted by molar-refractivity contribution is -0.135. The van der Waals surface area contributed by atoms with Crippen LogP contribution in [-0.2, 0) is 4.79 Å². The van der Waals surface area contributed by atoms with Gasteiger partial charge in [-0.15, -0.1) is 0 Å². The SMILES string of the molecule is CC(C)(C)C1CCN(C(=O)[C@H]2CCCNC2)C1. The minimum absolute atomic E-state index is 0.238. The van der Waals surface area contributed by atoms with Gasteiger partial charge in [0, 0.05) is 19.6 Å². The van der Waals surface area contributed by atoms with Gasteiger partial charge >= 0.3 is 0 Å². The molecule has 0 radical (unpaired) electrons. The van der Waals surface area contributed by atoms with Crippen molar-refractivity contribution in [1.29, 1.82) is 0 Å². The summed E-state index contributed by atoms with van der Waals surface area (Å²) in [5, 5.41) is 3.33. The van der Waals surface area contributed by atoms with Crippen molar-refractivity contribution in [3.8, 4) is 0 Å². The summed E-state index contributed by atoms with van der Waals surface area (Å²) in [5.74, 6) is 1.30. The van der Waals surface area contributed by atoms with Crippen LogP contribution in [0.25, 0.3) is 0 Å². The molecule has 0 spiro atoms. The highest BCUT2D eigenvalue weighted by molar-refractivity contribution is 5.79. The number of hydrogen-bond acceptors (Lipinski definition) is 2. The van der Waals surface area contributed by atoms with E-state index in [0.29, 0.717) is 17.2 Å². The molecule has 2 atom stereocenters. The minimum atomic E-state index is 0.238. The fourth-order valence-corrected chi connectivity index (χ4v) is 2.99. The number of rotatable bonds is 1. The molecule has 0 bridgehead atoms. The van der Waals surface area contributed by atoms with Gasteiger partial charge in [-0.2, -0.15) is 0 Å². The van der Waals surface area contributed by atoms with Gasteiger partial charge in [0.1, 0.15) is 0 Å². The van der Waals surface area contributed by atoms with Crippen LogP contribution in [0.1, 0.15) is 40.0 Å². The van der Waals surface area contributed by atoms with Crippen LogP contribution in [0.5, 0.6) is 0 Å². The first kappa shape index (κ1) is 12.9. The third-order valence-electron chi connectivity index (χ3n) is 4.37. The molecule has 17 heavy (non-hydrogen) atoms. The Bertz CT molecular complexity index is 276. The molecule has 2 saturated heterocycles. The monoisotopic (exact) mass is 238 g/mol. The zero-order valence-electron chi connectivity index (χ0n) is 11.5. The molecule has 2 rings (SSSR count). The van der Waals surface area contributed by atoms with Crippen molar-refractivity contribution >= 4 is 5.91 Å². The molecule has 0 aliphatic carbocycles. The first-order valence-corrected chi connectivity index (χ1v) is 6.98. The summed E-state index contributed by atoms with van der Waals surface area (Å²) in [6.45, 7) is 10.8. The Hall–Kier alpha value is -0.570. The van der Waals surface area contributed by atoms with E-state index >= 15 is 0 Å². The van der Waals surface area contributed by atoms with E-state index in [-0.39, 0.29) is 5.92 Å². The van der Waals surface area contributed by atoms with Crippen LogP contribution < -0.4 is 5.32 Å². The standard InChI is InChI=1S/C14H26N2O/c1-14(2,3)12-6-8-16(10-12)13(17)11-5-4-7-15-9-11/h11-12,15H,4-10H2,1-3H3/t11-,12?/m0/s1. The molecule has 2 aliphatic heterocycles. The Kier molecular flexibility index (Phi) is 3.76. The molecular formula is C14H26N2O. The highest BCUT2D eigenvalue weighted by Crippen LogP contribution is 2.34. The van der Waals surface area contributed by atoms with E-state index in [1.165, 1.54) is 6.42 Å². The molecule has 0 aromatic heterocycles. The molecular weight excluding hydrogens is 212 g/mol. The Balaban J connectivity index is 1.89. The smallest absolute Gasteiger partial charge is 0.226 e. The van der Waals surface area contributed by atoms with Crippen LogP contribution in [-0.4, -0.2) is 37.0 Å². The summed E-state index contributed by atoms with van der Waals surface area (Å²) in [6.07, 6.45) is 3.39. The van der Waals surface area contributed by atoms with E-state index < -0.39 is 0 Å². The zero-order valence-corrected chi connectivity index (χ0v) is 11.5. The lowest BCUT2D eigenvalue weighted by Gasteiger charge is -2.29. The van der Waals surface area contributed by atoms with Gasteiger partial charge in [0.15, 0.2) is 0 Å². The van der Waals surface area contributed by atoms with E-state index in [2.05, 4.69) is 31.0 Å². The number of piperidine rings is 1. The van der Waals surface area contributed by atoms with Crippen molar-refractivity contribution in [3.05, 3.63) is 0 Å². The summed E-state index contributed by atoms with van der Waals surface area (Å²) in [4.78, 5) is 14.5. The highest BCUT2D eigenvalue weighted by atomic mass is 16.2. The lowest BCUT2D eigenvalue weighted by atomic mass is 9.80. The second-order valence-electron chi connectivity index (χ2n) is 6.68. The molecule has 3 heteroatoms. The van der Waals surface area contributed by atoms with E-state index in [1.807, 2.05) is 0 Å². The first-order chi connectivity index (χ1) is 7.98. The Labute approximate surface area is 105 Å². The molecule has 2 aliphatic rings. The molecule has 2 fully saturated rings. The van der Waals surface area contributed by atoms with Crippen molar-refractivity contribution in [2.45, 2.75) is 40.0 Å². The van der Waals surface area contributed by atoms with Gasteiger partial charge in [-0.05, 0) is 37.1 Å². The second-order valence-corrected chi connectivity index (χ2v) is 6.68. The van der Waals surface area contributed by atoms with Crippen LogP contribution >= 0.6 is 0 Å². The molecule has 0 aromatic carbocycles. The van der Waals surface area contributed by atoms with Crippen LogP contribution in [0.2, 0.25) is 0 Å². The van der Waals surface area contributed by atoms with Gasteiger partial charge in [0.2, 0.25) is 5.91 Å². The van der Waals surface area contributed by atoms with Crippen molar-refractivity contribution < 1.29 is 4.79 Å². The van der Waals surface area contributed by atoms with Crippen molar-refractivity contribution in [2.24, 2.45) is 17.3 Å². The molecule has 2 heterocycles. The maximum Gasteiger partial charge on any atom is 0.226 e. The van der Waals surface area contributed by atoms with Crippen molar-refractivity contribution in [3.63, 3.8) is 0 Å². The number of likely N-dealkylation sites (tertiary alicyclic amines) is 1. The van der Waals surface area contributed by atoms with Crippen LogP contribution in [0.15, 0.2) is 0 Å². The van der Waals surface area contributed by atoms with E-state index in [4.69, 9.17) is 0 Å². The van der Waals surface area contributed by atoms with Gasteiger partial charge in [-0.25, -0.2) is 0 Å². The van der Waals surface area contributed by atoms with Crippen LogP contribution in [0.3, 0.4) is 0 Å². The third-order valence-corrected chi connectivity index (χ3v) is 4.37. The van der Waals surface area contributed by atoms with Gasteiger partial charge in [0.25, 0.3) is 0 Å². The first-order valence-electron chi connectivity index (χ1n) is 6.98. The highest BCUT2D eigenvalue weighted by Gasteiger charge is 2.36.